The number of imide groups is 1. The minimum atomic E-state index is -0.884. The molecule has 1 aromatic heterocycles. The molecule has 1 aromatic rings. The summed E-state index contributed by atoms with van der Waals surface area (Å²) in [5.41, 5.74) is -0.884. The lowest BCUT2D eigenvalue weighted by Gasteiger charge is -2.39. The van der Waals surface area contributed by atoms with Crippen LogP contribution < -0.4 is 5.32 Å². The van der Waals surface area contributed by atoms with E-state index in [1.807, 2.05) is 29.3 Å². The van der Waals surface area contributed by atoms with Crippen LogP contribution in [-0.2, 0) is 20.7 Å². The molecule has 1 unspecified atom stereocenters. The second-order valence-electron chi connectivity index (χ2n) is 8.45. The van der Waals surface area contributed by atoms with Gasteiger partial charge in [0.15, 0.2) is 0 Å². The first-order valence-electron chi connectivity index (χ1n) is 10.7. The van der Waals surface area contributed by atoms with Crippen molar-refractivity contribution in [2.45, 2.75) is 31.7 Å². The molecule has 4 rings (SSSR count). The van der Waals surface area contributed by atoms with Crippen LogP contribution >= 0.6 is 11.3 Å². The van der Waals surface area contributed by atoms with Crippen molar-refractivity contribution in [1.82, 2.24) is 20.0 Å². The Labute approximate surface area is 181 Å². The Hall–Kier alpha value is -1.97. The molecular formula is C21H30N4O4S. The van der Waals surface area contributed by atoms with E-state index in [0.717, 1.165) is 30.8 Å². The molecule has 3 aliphatic rings. The van der Waals surface area contributed by atoms with Crippen molar-refractivity contribution in [1.29, 1.82) is 0 Å². The molecule has 0 spiro atoms. The van der Waals surface area contributed by atoms with Gasteiger partial charge in [-0.25, -0.2) is 4.79 Å². The van der Waals surface area contributed by atoms with Gasteiger partial charge in [-0.3, -0.25) is 19.4 Å². The highest BCUT2D eigenvalue weighted by Gasteiger charge is 2.52. The molecule has 0 saturated carbocycles. The Morgan fingerprint density at radius 3 is 2.60 bits per heavy atom. The average molecular weight is 435 g/mol. The van der Waals surface area contributed by atoms with Crippen molar-refractivity contribution < 1.29 is 19.1 Å². The fraction of sp³-hybridized carbons (Fsp3) is 0.667. The Morgan fingerprint density at radius 2 is 1.93 bits per heavy atom. The van der Waals surface area contributed by atoms with Crippen LogP contribution in [0.25, 0.3) is 0 Å². The molecular weight excluding hydrogens is 404 g/mol. The largest absolute Gasteiger partial charge is 0.379 e. The Morgan fingerprint density at radius 1 is 1.20 bits per heavy atom. The first-order chi connectivity index (χ1) is 14.5. The molecule has 1 N–H and O–H groups in total. The molecule has 9 heteroatoms. The zero-order valence-electron chi connectivity index (χ0n) is 17.5. The zero-order valence-corrected chi connectivity index (χ0v) is 18.3. The van der Waals surface area contributed by atoms with Gasteiger partial charge in [-0.15, -0.1) is 11.3 Å². The SMILES string of the molecule is CC1(C2CCN(C(=O)Cc3cccs3)CC2)NC(=O)N(CCN2CCOCC2)C1=O. The molecule has 0 aliphatic carbocycles. The predicted molar refractivity (Wildman–Crippen MR) is 113 cm³/mol. The van der Waals surface area contributed by atoms with Crippen molar-refractivity contribution in [3.05, 3.63) is 22.4 Å². The molecule has 3 saturated heterocycles. The number of hydrogen-bond donors (Lipinski definition) is 1. The molecule has 0 radical (unpaired) electrons. The average Bonchev–Trinajstić information content (AvgIpc) is 3.34. The lowest BCUT2D eigenvalue weighted by atomic mass is 9.79. The summed E-state index contributed by atoms with van der Waals surface area (Å²) < 4.78 is 5.35. The zero-order chi connectivity index (χ0) is 21.1. The number of nitrogens with zero attached hydrogens (tertiary/aromatic N) is 3. The number of hydrogen-bond acceptors (Lipinski definition) is 6. The highest BCUT2D eigenvalue weighted by molar-refractivity contribution is 7.10. The number of rotatable bonds is 6. The highest BCUT2D eigenvalue weighted by Crippen LogP contribution is 2.33. The smallest absolute Gasteiger partial charge is 0.325 e. The van der Waals surface area contributed by atoms with E-state index in [2.05, 4.69) is 10.2 Å². The topological polar surface area (TPSA) is 82.2 Å². The van der Waals surface area contributed by atoms with Gasteiger partial charge < -0.3 is 15.0 Å². The van der Waals surface area contributed by atoms with Crippen molar-refractivity contribution in [3.63, 3.8) is 0 Å². The standard InChI is InChI=1S/C21H30N4O4S/c1-21(16-4-6-24(7-5-16)18(26)15-17-3-2-14-30-17)19(27)25(20(28)22-21)9-8-23-10-12-29-13-11-23/h2-3,14,16H,4-13,15H2,1H3,(H,22,28). The van der Waals surface area contributed by atoms with Gasteiger partial charge in [0.1, 0.15) is 5.54 Å². The Kier molecular flexibility index (Phi) is 6.40. The number of morpholine rings is 1. The van der Waals surface area contributed by atoms with Crippen molar-refractivity contribution in [2.24, 2.45) is 5.92 Å². The van der Waals surface area contributed by atoms with Crippen molar-refractivity contribution in [3.8, 4) is 0 Å². The molecule has 1 atom stereocenters. The van der Waals surface area contributed by atoms with Crippen molar-refractivity contribution >= 4 is 29.2 Å². The van der Waals surface area contributed by atoms with Crippen LogP contribution in [0.2, 0.25) is 0 Å². The molecule has 8 nitrogen and oxygen atoms in total. The van der Waals surface area contributed by atoms with Crippen LogP contribution in [0.15, 0.2) is 17.5 Å². The normalized spacial score (nSPS) is 26.3. The number of nitrogens with one attached hydrogen (secondary N) is 1. The van der Waals surface area contributed by atoms with E-state index in [1.165, 1.54) is 4.90 Å². The van der Waals surface area contributed by atoms with E-state index in [1.54, 1.807) is 11.3 Å². The maximum Gasteiger partial charge on any atom is 0.325 e. The van der Waals surface area contributed by atoms with Crippen LogP contribution in [0.5, 0.6) is 0 Å². The lowest BCUT2D eigenvalue weighted by molar-refractivity contribution is -0.135. The van der Waals surface area contributed by atoms with Gasteiger partial charge >= 0.3 is 6.03 Å². The number of carbonyl (C=O) groups excluding carboxylic acids is 3. The third-order valence-corrected chi connectivity index (χ3v) is 7.49. The van der Waals surface area contributed by atoms with E-state index in [0.29, 0.717) is 45.8 Å². The van der Waals surface area contributed by atoms with Gasteiger partial charge in [-0.05, 0) is 37.1 Å². The first-order valence-corrected chi connectivity index (χ1v) is 11.6. The summed E-state index contributed by atoms with van der Waals surface area (Å²) in [7, 11) is 0. The molecule has 0 bridgehead atoms. The number of urea groups is 1. The van der Waals surface area contributed by atoms with Crippen LogP contribution in [0, 0.1) is 5.92 Å². The minimum Gasteiger partial charge on any atom is -0.379 e. The summed E-state index contributed by atoms with van der Waals surface area (Å²) in [5.74, 6) is 0.0345. The number of amides is 4. The summed E-state index contributed by atoms with van der Waals surface area (Å²) in [6, 6.07) is 3.64. The molecule has 0 aromatic carbocycles. The number of ether oxygens (including phenoxy) is 1. The third-order valence-electron chi connectivity index (χ3n) is 6.61. The van der Waals surface area contributed by atoms with Gasteiger partial charge in [-0.2, -0.15) is 0 Å². The van der Waals surface area contributed by atoms with E-state index in [9.17, 15) is 14.4 Å². The number of carbonyl (C=O) groups is 3. The van der Waals surface area contributed by atoms with Crippen LogP contribution in [0.4, 0.5) is 4.79 Å². The van der Waals surface area contributed by atoms with Gasteiger partial charge in [0.25, 0.3) is 5.91 Å². The quantitative estimate of drug-likeness (QED) is 0.680. The molecule has 4 amide bonds. The summed E-state index contributed by atoms with van der Waals surface area (Å²) in [4.78, 5) is 44.8. The maximum absolute atomic E-state index is 13.2. The summed E-state index contributed by atoms with van der Waals surface area (Å²) >= 11 is 1.60. The van der Waals surface area contributed by atoms with E-state index in [-0.39, 0.29) is 23.8 Å². The van der Waals surface area contributed by atoms with Crippen LogP contribution in [-0.4, -0.2) is 90.6 Å². The van der Waals surface area contributed by atoms with Crippen LogP contribution in [0.1, 0.15) is 24.6 Å². The molecule has 3 fully saturated rings. The Balaban J connectivity index is 1.30. The van der Waals surface area contributed by atoms with E-state index >= 15 is 0 Å². The Bertz CT molecular complexity index is 772. The third kappa shape index (κ3) is 4.38. The van der Waals surface area contributed by atoms with E-state index < -0.39 is 5.54 Å². The lowest BCUT2D eigenvalue weighted by Crippen LogP contribution is -2.54. The molecule has 30 heavy (non-hydrogen) atoms. The summed E-state index contributed by atoms with van der Waals surface area (Å²) in [5, 5.41) is 4.94. The van der Waals surface area contributed by atoms with Gasteiger partial charge in [-0.1, -0.05) is 6.07 Å². The first kappa shape index (κ1) is 21.3. The molecule has 4 heterocycles. The fourth-order valence-electron chi connectivity index (χ4n) is 4.64. The summed E-state index contributed by atoms with van der Waals surface area (Å²) in [6.07, 6.45) is 1.87. The number of piperidine rings is 1. The fourth-order valence-corrected chi connectivity index (χ4v) is 5.34. The van der Waals surface area contributed by atoms with Crippen molar-refractivity contribution in [2.75, 3.05) is 52.5 Å². The highest BCUT2D eigenvalue weighted by atomic mass is 32.1. The van der Waals surface area contributed by atoms with Crippen LogP contribution in [0.3, 0.4) is 0 Å². The second-order valence-corrected chi connectivity index (χ2v) is 9.49. The van der Waals surface area contributed by atoms with E-state index in [4.69, 9.17) is 4.74 Å². The second kappa shape index (κ2) is 9.03. The monoisotopic (exact) mass is 434 g/mol. The van der Waals surface area contributed by atoms with Gasteiger partial charge in [0, 0.05) is 44.1 Å². The van der Waals surface area contributed by atoms with Gasteiger partial charge in [0.05, 0.1) is 19.6 Å². The minimum absolute atomic E-state index is 0.0353. The molecule has 164 valence electrons. The number of thiophene rings is 1. The predicted octanol–water partition coefficient (Wildman–Crippen LogP) is 1.17. The van der Waals surface area contributed by atoms with Gasteiger partial charge in [0.2, 0.25) is 5.91 Å². The number of likely N-dealkylation sites (tertiary alicyclic amines) is 1. The molecule has 3 aliphatic heterocycles. The summed E-state index contributed by atoms with van der Waals surface area (Å²) in [6.45, 7) is 7.23. The maximum atomic E-state index is 13.2.